The Hall–Kier alpha value is -1.51. The molecule has 0 radical (unpaired) electrons. The van der Waals surface area contributed by atoms with Crippen molar-refractivity contribution in [3.63, 3.8) is 0 Å². The summed E-state index contributed by atoms with van der Waals surface area (Å²) in [5.74, 6) is 0.326. The van der Waals surface area contributed by atoms with Crippen LogP contribution in [0.3, 0.4) is 0 Å². The molecule has 1 aromatic carbocycles. The van der Waals surface area contributed by atoms with Crippen molar-refractivity contribution in [3.8, 4) is 5.75 Å². The van der Waals surface area contributed by atoms with Crippen LogP contribution in [0.15, 0.2) is 24.3 Å². The van der Waals surface area contributed by atoms with E-state index < -0.39 is 0 Å². The SMILES string of the molecule is COC(=O)[C@@H](C)c1ccc(OC)cc1. The second-order valence-corrected chi connectivity index (χ2v) is 3.02. The lowest BCUT2D eigenvalue weighted by Crippen LogP contribution is -2.10. The van der Waals surface area contributed by atoms with E-state index in [-0.39, 0.29) is 11.9 Å². The number of carbonyl (C=O) groups excluding carboxylic acids is 1. The summed E-state index contributed by atoms with van der Waals surface area (Å²) in [7, 11) is 3.00. The summed E-state index contributed by atoms with van der Waals surface area (Å²) in [6, 6.07) is 7.38. The van der Waals surface area contributed by atoms with Gasteiger partial charge in [-0.1, -0.05) is 12.1 Å². The quantitative estimate of drug-likeness (QED) is 0.690. The molecule has 0 unspecified atom stereocenters. The van der Waals surface area contributed by atoms with E-state index in [1.807, 2.05) is 31.2 Å². The molecule has 1 aromatic rings. The van der Waals surface area contributed by atoms with E-state index >= 15 is 0 Å². The van der Waals surface area contributed by atoms with E-state index in [1.54, 1.807) is 7.11 Å². The monoisotopic (exact) mass is 194 g/mol. The maximum atomic E-state index is 11.2. The normalized spacial score (nSPS) is 11.9. The van der Waals surface area contributed by atoms with Crippen molar-refractivity contribution in [2.45, 2.75) is 12.8 Å². The maximum Gasteiger partial charge on any atom is 0.312 e. The Balaban J connectivity index is 2.81. The van der Waals surface area contributed by atoms with Gasteiger partial charge in [0.2, 0.25) is 0 Å². The third-order valence-corrected chi connectivity index (χ3v) is 2.17. The van der Waals surface area contributed by atoms with Crippen molar-refractivity contribution in [2.24, 2.45) is 0 Å². The third kappa shape index (κ3) is 2.25. The molecule has 1 rings (SSSR count). The molecule has 1 atom stereocenters. The maximum absolute atomic E-state index is 11.2. The Morgan fingerprint density at radius 2 is 1.79 bits per heavy atom. The molecular weight excluding hydrogens is 180 g/mol. The number of rotatable bonds is 3. The van der Waals surface area contributed by atoms with E-state index in [2.05, 4.69) is 4.74 Å². The lowest BCUT2D eigenvalue weighted by Gasteiger charge is -2.09. The predicted molar refractivity (Wildman–Crippen MR) is 53.4 cm³/mol. The second-order valence-electron chi connectivity index (χ2n) is 3.02. The van der Waals surface area contributed by atoms with Crippen LogP contribution in [-0.2, 0) is 9.53 Å². The van der Waals surface area contributed by atoms with E-state index in [1.165, 1.54) is 7.11 Å². The van der Waals surface area contributed by atoms with Crippen LogP contribution in [0.25, 0.3) is 0 Å². The minimum absolute atomic E-state index is 0.227. The zero-order valence-corrected chi connectivity index (χ0v) is 8.61. The summed E-state index contributed by atoms with van der Waals surface area (Å²) in [6.07, 6.45) is 0. The van der Waals surface area contributed by atoms with Gasteiger partial charge in [0.05, 0.1) is 20.1 Å². The van der Waals surface area contributed by atoms with Crippen molar-refractivity contribution in [3.05, 3.63) is 29.8 Å². The predicted octanol–water partition coefficient (Wildman–Crippen LogP) is 1.97. The fraction of sp³-hybridized carbons (Fsp3) is 0.364. The van der Waals surface area contributed by atoms with Gasteiger partial charge in [-0.2, -0.15) is 0 Å². The Morgan fingerprint density at radius 1 is 1.21 bits per heavy atom. The van der Waals surface area contributed by atoms with Gasteiger partial charge in [-0.15, -0.1) is 0 Å². The number of benzene rings is 1. The Kier molecular flexibility index (Phi) is 3.51. The molecule has 0 aliphatic rings. The molecule has 76 valence electrons. The van der Waals surface area contributed by atoms with Gasteiger partial charge < -0.3 is 9.47 Å². The number of ether oxygens (including phenoxy) is 2. The van der Waals surface area contributed by atoms with Crippen molar-refractivity contribution in [2.75, 3.05) is 14.2 Å². The first-order valence-electron chi connectivity index (χ1n) is 4.40. The van der Waals surface area contributed by atoms with Gasteiger partial charge in [-0.25, -0.2) is 0 Å². The molecule has 0 aliphatic heterocycles. The molecule has 0 fully saturated rings. The molecule has 14 heavy (non-hydrogen) atoms. The Bertz CT molecular complexity index is 303. The summed E-state index contributed by atoms with van der Waals surface area (Å²) in [6.45, 7) is 1.81. The van der Waals surface area contributed by atoms with E-state index in [0.29, 0.717) is 0 Å². The van der Waals surface area contributed by atoms with Crippen LogP contribution in [0, 0.1) is 0 Å². The summed E-state index contributed by atoms with van der Waals surface area (Å²) in [5.41, 5.74) is 0.928. The number of methoxy groups -OCH3 is 2. The highest BCUT2D eigenvalue weighted by Crippen LogP contribution is 2.19. The van der Waals surface area contributed by atoms with Gasteiger partial charge >= 0.3 is 5.97 Å². The molecule has 0 bridgehead atoms. The summed E-state index contributed by atoms with van der Waals surface area (Å²) < 4.78 is 9.67. The van der Waals surface area contributed by atoms with E-state index in [4.69, 9.17) is 4.74 Å². The zero-order chi connectivity index (χ0) is 10.6. The molecule has 3 heteroatoms. The number of hydrogen-bond donors (Lipinski definition) is 0. The van der Waals surface area contributed by atoms with Gasteiger partial charge in [-0.3, -0.25) is 4.79 Å². The molecule has 0 saturated carbocycles. The minimum atomic E-state index is -0.231. The standard InChI is InChI=1S/C11H14O3/c1-8(11(12)14-3)9-4-6-10(13-2)7-5-9/h4-8H,1-3H3/t8-/m0/s1. The third-order valence-electron chi connectivity index (χ3n) is 2.17. The van der Waals surface area contributed by atoms with Crippen molar-refractivity contribution < 1.29 is 14.3 Å². The topological polar surface area (TPSA) is 35.5 Å². The number of hydrogen-bond acceptors (Lipinski definition) is 3. The van der Waals surface area contributed by atoms with Crippen LogP contribution >= 0.6 is 0 Å². The van der Waals surface area contributed by atoms with Crippen molar-refractivity contribution in [1.29, 1.82) is 0 Å². The van der Waals surface area contributed by atoms with E-state index in [9.17, 15) is 4.79 Å². The van der Waals surface area contributed by atoms with Gasteiger partial charge in [0.25, 0.3) is 0 Å². The highest BCUT2D eigenvalue weighted by molar-refractivity contribution is 5.77. The largest absolute Gasteiger partial charge is 0.497 e. The van der Waals surface area contributed by atoms with Crippen LogP contribution in [0.1, 0.15) is 18.4 Å². The van der Waals surface area contributed by atoms with E-state index in [0.717, 1.165) is 11.3 Å². The molecule has 0 aromatic heterocycles. The average molecular weight is 194 g/mol. The molecule has 3 nitrogen and oxygen atoms in total. The van der Waals surface area contributed by atoms with Gasteiger partial charge in [-0.05, 0) is 24.6 Å². The molecule has 0 N–H and O–H groups in total. The number of carbonyl (C=O) groups is 1. The van der Waals surface area contributed by atoms with Crippen molar-refractivity contribution >= 4 is 5.97 Å². The fourth-order valence-electron chi connectivity index (χ4n) is 1.21. The zero-order valence-electron chi connectivity index (χ0n) is 8.61. The Labute approximate surface area is 83.6 Å². The first kappa shape index (κ1) is 10.6. The first-order chi connectivity index (χ1) is 6.69. The summed E-state index contributed by atoms with van der Waals surface area (Å²) >= 11 is 0. The number of esters is 1. The smallest absolute Gasteiger partial charge is 0.312 e. The first-order valence-corrected chi connectivity index (χ1v) is 4.40. The summed E-state index contributed by atoms with van der Waals surface area (Å²) in [5, 5.41) is 0. The van der Waals surface area contributed by atoms with Gasteiger partial charge in [0.1, 0.15) is 5.75 Å². The highest BCUT2D eigenvalue weighted by Gasteiger charge is 2.14. The average Bonchev–Trinajstić information content (AvgIpc) is 2.27. The molecule has 0 spiro atoms. The minimum Gasteiger partial charge on any atom is -0.497 e. The highest BCUT2D eigenvalue weighted by atomic mass is 16.5. The Morgan fingerprint density at radius 3 is 2.21 bits per heavy atom. The van der Waals surface area contributed by atoms with Crippen LogP contribution in [0.4, 0.5) is 0 Å². The molecule has 0 amide bonds. The summed E-state index contributed by atoms with van der Waals surface area (Å²) in [4.78, 5) is 11.2. The molecular formula is C11H14O3. The van der Waals surface area contributed by atoms with Crippen LogP contribution < -0.4 is 4.74 Å². The fourth-order valence-corrected chi connectivity index (χ4v) is 1.21. The molecule has 0 heterocycles. The molecule has 0 aliphatic carbocycles. The molecule has 0 saturated heterocycles. The van der Waals surface area contributed by atoms with Gasteiger partial charge in [0.15, 0.2) is 0 Å². The van der Waals surface area contributed by atoms with Crippen LogP contribution in [-0.4, -0.2) is 20.2 Å². The van der Waals surface area contributed by atoms with Crippen molar-refractivity contribution in [1.82, 2.24) is 0 Å². The van der Waals surface area contributed by atoms with Crippen LogP contribution in [0.5, 0.6) is 5.75 Å². The lowest BCUT2D eigenvalue weighted by atomic mass is 10.0. The lowest BCUT2D eigenvalue weighted by molar-refractivity contribution is -0.141. The second kappa shape index (κ2) is 4.65. The van der Waals surface area contributed by atoms with Gasteiger partial charge in [0, 0.05) is 0 Å². The van der Waals surface area contributed by atoms with Crippen LogP contribution in [0.2, 0.25) is 0 Å².